The number of carboxylic acids is 1. The van der Waals surface area contributed by atoms with Crippen molar-refractivity contribution in [1.82, 2.24) is 9.97 Å². The molecule has 1 aromatic heterocycles. The van der Waals surface area contributed by atoms with E-state index in [1.54, 1.807) is 26.1 Å². The molecule has 0 bridgehead atoms. The number of aromatic nitrogens is 2. The second-order valence-corrected chi connectivity index (χ2v) is 5.38. The minimum atomic E-state index is -1.36. The van der Waals surface area contributed by atoms with Crippen LogP contribution in [0.5, 0.6) is 0 Å². The fourth-order valence-electron chi connectivity index (χ4n) is 1.94. The highest BCUT2D eigenvalue weighted by molar-refractivity contribution is 9.10. The van der Waals surface area contributed by atoms with Crippen molar-refractivity contribution in [3.63, 3.8) is 0 Å². The molecule has 0 saturated carbocycles. The maximum absolute atomic E-state index is 11.7. The van der Waals surface area contributed by atoms with Crippen molar-refractivity contribution in [3.05, 3.63) is 52.5 Å². The smallest absolute Gasteiger partial charge is 0.335 e. The summed E-state index contributed by atoms with van der Waals surface area (Å²) in [7, 11) is 0. The van der Waals surface area contributed by atoms with E-state index < -0.39 is 11.5 Å². The van der Waals surface area contributed by atoms with Gasteiger partial charge >= 0.3 is 5.97 Å². The summed E-state index contributed by atoms with van der Waals surface area (Å²) in [5, 5.41) is 12.6. The summed E-state index contributed by atoms with van der Waals surface area (Å²) in [5.41, 5.74) is 0.296. The average Bonchev–Trinajstić information content (AvgIpc) is 2.41. The molecule has 1 aromatic carbocycles. The molecule has 20 heavy (non-hydrogen) atoms. The predicted octanol–water partition coefficient (Wildman–Crippen LogP) is 2.96. The number of hydrogen-bond donors (Lipinski definition) is 2. The fraction of sp³-hybridized carbons (Fsp3) is 0.214. The molecule has 0 aliphatic heterocycles. The van der Waals surface area contributed by atoms with E-state index in [9.17, 15) is 9.90 Å². The van der Waals surface area contributed by atoms with Gasteiger partial charge in [0, 0.05) is 22.6 Å². The second-order valence-electron chi connectivity index (χ2n) is 4.53. The molecule has 0 aliphatic carbocycles. The van der Waals surface area contributed by atoms with Gasteiger partial charge in [-0.15, -0.1) is 0 Å². The topological polar surface area (TPSA) is 75.1 Å². The number of nitrogens with one attached hydrogen (secondary N) is 1. The Balaban J connectivity index is 2.49. The largest absolute Gasteiger partial charge is 0.479 e. The summed E-state index contributed by atoms with van der Waals surface area (Å²) in [5.74, 6) is -1.02. The van der Waals surface area contributed by atoms with Crippen LogP contribution in [0.2, 0.25) is 0 Å². The van der Waals surface area contributed by atoms with E-state index in [2.05, 4.69) is 31.2 Å². The van der Waals surface area contributed by atoms with Gasteiger partial charge in [0.05, 0.1) is 11.4 Å². The molecule has 2 rings (SSSR count). The quantitative estimate of drug-likeness (QED) is 0.898. The van der Waals surface area contributed by atoms with Crippen LogP contribution in [-0.2, 0) is 10.3 Å². The first-order valence-corrected chi connectivity index (χ1v) is 6.78. The molecule has 2 aromatic rings. The highest BCUT2D eigenvalue weighted by Gasteiger charge is 2.38. The molecular formula is C14H14BrN3O2. The van der Waals surface area contributed by atoms with E-state index in [-0.39, 0.29) is 0 Å². The first-order chi connectivity index (χ1) is 9.45. The van der Waals surface area contributed by atoms with E-state index in [1.165, 1.54) is 6.20 Å². The average molecular weight is 336 g/mol. The summed E-state index contributed by atoms with van der Waals surface area (Å²) in [6, 6.07) is 7.34. The Bertz CT molecular complexity index is 648. The Kier molecular flexibility index (Phi) is 4.04. The van der Waals surface area contributed by atoms with Gasteiger partial charge in [-0.1, -0.05) is 12.1 Å². The van der Waals surface area contributed by atoms with Crippen LogP contribution in [0.15, 0.2) is 41.1 Å². The van der Waals surface area contributed by atoms with Crippen LogP contribution in [0.25, 0.3) is 0 Å². The molecule has 0 saturated heterocycles. The third kappa shape index (κ3) is 2.65. The molecule has 104 valence electrons. The van der Waals surface area contributed by atoms with Crippen molar-refractivity contribution in [2.75, 3.05) is 5.32 Å². The van der Waals surface area contributed by atoms with Crippen molar-refractivity contribution in [2.24, 2.45) is 0 Å². The molecule has 1 atom stereocenters. The Morgan fingerprint density at radius 2 is 1.95 bits per heavy atom. The zero-order valence-corrected chi connectivity index (χ0v) is 12.7. The number of anilines is 1. The minimum Gasteiger partial charge on any atom is -0.479 e. The van der Waals surface area contributed by atoms with Crippen LogP contribution in [0, 0.1) is 6.92 Å². The molecule has 0 amide bonds. The van der Waals surface area contributed by atoms with Gasteiger partial charge in [-0.25, -0.2) is 4.79 Å². The maximum Gasteiger partial charge on any atom is 0.335 e. The molecule has 5 nitrogen and oxygen atoms in total. The number of aryl methyl sites for hydroxylation is 1. The number of carboxylic acid groups (broad SMARTS) is 1. The predicted molar refractivity (Wildman–Crippen MR) is 79.5 cm³/mol. The van der Waals surface area contributed by atoms with Crippen molar-refractivity contribution in [1.29, 1.82) is 0 Å². The van der Waals surface area contributed by atoms with Crippen LogP contribution < -0.4 is 5.32 Å². The Morgan fingerprint density at radius 3 is 2.55 bits per heavy atom. The third-order valence-corrected chi connectivity index (χ3v) is 3.73. The van der Waals surface area contributed by atoms with E-state index in [4.69, 9.17) is 0 Å². The second kappa shape index (κ2) is 5.58. The lowest BCUT2D eigenvalue weighted by Gasteiger charge is -2.28. The first kappa shape index (κ1) is 14.5. The third-order valence-electron chi connectivity index (χ3n) is 3.04. The van der Waals surface area contributed by atoms with Gasteiger partial charge < -0.3 is 10.4 Å². The van der Waals surface area contributed by atoms with Gasteiger partial charge in [0.2, 0.25) is 0 Å². The van der Waals surface area contributed by atoms with Crippen molar-refractivity contribution < 1.29 is 9.90 Å². The monoisotopic (exact) mass is 335 g/mol. The molecule has 0 radical (unpaired) electrons. The van der Waals surface area contributed by atoms with Gasteiger partial charge in [0.15, 0.2) is 5.54 Å². The molecular weight excluding hydrogens is 322 g/mol. The molecule has 6 heteroatoms. The van der Waals surface area contributed by atoms with Crippen LogP contribution in [0.3, 0.4) is 0 Å². The van der Waals surface area contributed by atoms with Gasteiger partial charge in [0.25, 0.3) is 0 Å². The number of benzene rings is 1. The van der Waals surface area contributed by atoms with E-state index in [0.29, 0.717) is 17.1 Å². The summed E-state index contributed by atoms with van der Waals surface area (Å²) in [6.07, 6.45) is 3.03. The Hall–Kier alpha value is -1.95. The minimum absolute atomic E-state index is 0.392. The zero-order valence-electron chi connectivity index (χ0n) is 11.1. The lowest BCUT2D eigenvalue weighted by molar-refractivity contribution is -0.142. The summed E-state index contributed by atoms with van der Waals surface area (Å²) < 4.78 is 0.786. The molecule has 0 aliphatic rings. The summed E-state index contributed by atoms with van der Waals surface area (Å²) in [4.78, 5) is 20.0. The summed E-state index contributed by atoms with van der Waals surface area (Å²) in [6.45, 7) is 3.32. The van der Waals surface area contributed by atoms with Crippen LogP contribution >= 0.6 is 15.9 Å². The Labute approximate surface area is 125 Å². The van der Waals surface area contributed by atoms with E-state index in [0.717, 1.165) is 4.47 Å². The van der Waals surface area contributed by atoms with Crippen LogP contribution in [-0.4, -0.2) is 21.0 Å². The van der Waals surface area contributed by atoms with Crippen molar-refractivity contribution in [3.8, 4) is 0 Å². The molecule has 0 fully saturated rings. The molecule has 1 heterocycles. The maximum atomic E-state index is 11.7. The number of hydrogen-bond acceptors (Lipinski definition) is 4. The number of para-hydroxylation sites is 1. The molecule has 1 unspecified atom stereocenters. The lowest BCUT2D eigenvalue weighted by atomic mass is 9.95. The van der Waals surface area contributed by atoms with E-state index in [1.807, 2.05) is 18.2 Å². The standard InChI is InChI=1S/C14H14BrN3O2/c1-9-12(17-8-7-16-9)14(2,13(19)20)18-11-6-4-3-5-10(11)15/h3-8,18H,1-2H3,(H,19,20). The Morgan fingerprint density at radius 1 is 1.30 bits per heavy atom. The zero-order chi connectivity index (χ0) is 14.8. The molecule has 0 spiro atoms. The number of rotatable bonds is 4. The number of carbonyl (C=O) groups is 1. The van der Waals surface area contributed by atoms with Gasteiger partial charge in [-0.05, 0) is 41.9 Å². The van der Waals surface area contributed by atoms with Crippen LogP contribution in [0.1, 0.15) is 18.3 Å². The van der Waals surface area contributed by atoms with Crippen LogP contribution in [0.4, 0.5) is 5.69 Å². The number of nitrogens with zero attached hydrogens (tertiary/aromatic N) is 2. The van der Waals surface area contributed by atoms with Gasteiger partial charge in [0.1, 0.15) is 0 Å². The highest BCUT2D eigenvalue weighted by Crippen LogP contribution is 2.30. The molecule has 2 N–H and O–H groups in total. The summed E-state index contributed by atoms with van der Waals surface area (Å²) >= 11 is 3.40. The van der Waals surface area contributed by atoms with Gasteiger partial charge in [-0.2, -0.15) is 0 Å². The van der Waals surface area contributed by atoms with E-state index >= 15 is 0 Å². The fourth-order valence-corrected chi connectivity index (χ4v) is 2.33. The normalized spacial score (nSPS) is 13.6. The van der Waals surface area contributed by atoms with Gasteiger partial charge in [-0.3, -0.25) is 9.97 Å². The number of halogens is 1. The van der Waals surface area contributed by atoms with Crippen molar-refractivity contribution >= 4 is 27.6 Å². The highest BCUT2D eigenvalue weighted by atomic mass is 79.9. The SMILES string of the molecule is Cc1nccnc1C(C)(Nc1ccccc1Br)C(=O)O. The lowest BCUT2D eigenvalue weighted by Crippen LogP contribution is -2.42. The first-order valence-electron chi connectivity index (χ1n) is 5.99. The number of aliphatic carboxylic acids is 1. The van der Waals surface area contributed by atoms with Crippen molar-refractivity contribution in [2.45, 2.75) is 19.4 Å².